The zero-order valence-electron chi connectivity index (χ0n) is 12.8. The molecule has 7 nitrogen and oxygen atoms in total. The lowest BCUT2D eigenvalue weighted by atomic mass is 9.87. The third-order valence-electron chi connectivity index (χ3n) is 4.71. The number of ether oxygens (including phenoxy) is 1. The van der Waals surface area contributed by atoms with E-state index in [1.165, 1.54) is 12.3 Å². The molecule has 1 saturated carbocycles. The molecule has 1 N–H and O–H groups in total. The minimum Gasteiger partial charge on any atom is -0.493 e. The van der Waals surface area contributed by atoms with Crippen molar-refractivity contribution in [1.82, 2.24) is 9.88 Å². The van der Waals surface area contributed by atoms with Crippen LogP contribution < -0.4 is 9.46 Å². The molecule has 1 fully saturated rings. The molecule has 0 bridgehead atoms. The molecule has 0 radical (unpaired) electrons. The van der Waals surface area contributed by atoms with E-state index in [1.54, 1.807) is 0 Å². The fourth-order valence-corrected chi connectivity index (χ4v) is 4.53. The summed E-state index contributed by atoms with van der Waals surface area (Å²) in [5, 5.41) is 3.56. The van der Waals surface area contributed by atoms with Gasteiger partial charge in [-0.2, -0.15) is 0 Å². The van der Waals surface area contributed by atoms with Crippen molar-refractivity contribution in [2.75, 3.05) is 6.61 Å². The number of rotatable bonds is 4. The average Bonchev–Trinajstić information content (AvgIpc) is 3.03. The Morgan fingerprint density at radius 1 is 1.33 bits per heavy atom. The maximum Gasteiger partial charge on any atom is 0.240 e. The van der Waals surface area contributed by atoms with Crippen molar-refractivity contribution in [1.29, 1.82) is 0 Å². The second kappa shape index (κ2) is 5.34. The summed E-state index contributed by atoms with van der Waals surface area (Å²) >= 11 is 0. The number of nitrogens with zero attached hydrogens (tertiary/aromatic N) is 1. The van der Waals surface area contributed by atoms with E-state index in [-0.39, 0.29) is 22.8 Å². The van der Waals surface area contributed by atoms with Crippen LogP contribution in [0.5, 0.6) is 5.75 Å². The molecule has 0 saturated heterocycles. The van der Waals surface area contributed by atoms with Crippen LogP contribution in [0.2, 0.25) is 0 Å². The smallest absolute Gasteiger partial charge is 0.240 e. The van der Waals surface area contributed by atoms with Gasteiger partial charge in [-0.05, 0) is 18.9 Å². The number of carbonyl (C=O) groups excluding carboxylic acids is 1. The summed E-state index contributed by atoms with van der Waals surface area (Å²) in [4.78, 5) is 12.5. The van der Waals surface area contributed by atoms with Gasteiger partial charge in [0.1, 0.15) is 23.5 Å². The van der Waals surface area contributed by atoms with Crippen molar-refractivity contribution < 1.29 is 22.5 Å². The van der Waals surface area contributed by atoms with Crippen molar-refractivity contribution in [2.45, 2.75) is 24.0 Å². The number of hydrogen-bond donors (Lipinski definition) is 1. The number of sulfonamides is 1. The highest BCUT2D eigenvalue weighted by Gasteiger charge is 2.61. The number of benzene rings is 1. The monoisotopic (exact) mass is 348 g/mol. The average molecular weight is 348 g/mol. The molecule has 2 aromatic rings. The van der Waals surface area contributed by atoms with E-state index in [4.69, 9.17) is 4.74 Å². The fraction of sp³-hybridized carbons (Fsp3) is 0.375. The second-order valence-electron chi connectivity index (χ2n) is 6.22. The molecule has 2 aliphatic rings. The fourth-order valence-electron chi connectivity index (χ4n) is 3.47. The number of aromatic nitrogens is 1. The molecular weight excluding hydrogens is 332 g/mol. The maximum atomic E-state index is 12.5. The summed E-state index contributed by atoms with van der Waals surface area (Å²) in [5.41, 5.74) is 0.949. The van der Waals surface area contributed by atoms with Crippen LogP contribution in [0.15, 0.2) is 41.1 Å². The zero-order chi connectivity index (χ0) is 16.8. The molecule has 0 unspecified atom stereocenters. The maximum absolute atomic E-state index is 12.5. The second-order valence-corrected chi connectivity index (χ2v) is 7.95. The van der Waals surface area contributed by atoms with E-state index in [0.717, 1.165) is 11.3 Å². The Hall–Kier alpha value is -2.35. The molecule has 8 heteroatoms. The molecule has 1 spiro atoms. The van der Waals surface area contributed by atoms with Crippen LogP contribution >= 0.6 is 0 Å². The van der Waals surface area contributed by atoms with E-state index < -0.39 is 15.9 Å². The molecule has 24 heavy (non-hydrogen) atoms. The first-order valence-electron chi connectivity index (χ1n) is 7.66. The number of nitrogens with one attached hydrogen (secondary N) is 1. The van der Waals surface area contributed by atoms with Crippen molar-refractivity contribution in [3.05, 3.63) is 47.9 Å². The van der Waals surface area contributed by atoms with Gasteiger partial charge in [0.25, 0.3) is 0 Å². The molecule has 4 rings (SSSR count). The summed E-state index contributed by atoms with van der Waals surface area (Å²) in [5.74, 6) is -0.413. The quantitative estimate of drug-likeness (QED) is 0.896. The van der Waals surface area contributed by atoms with Gasteiger partial charge in [0.2, 0.25) is 15.9 Å². The Labute approximate surface area is 139 Å². The number of fused-ring (bicyclic) bond motifs is 2. The number of hydrogen-bond acceptors (Lipinski definition) is 6. The van der Waals surface area contributed by atoms with Crippen LogP contribution in [0.1, 0.15) is 24.1 Å². The zero-order valence-corrected chi connectivity index (χ0v) is 13.6. The van der Waals surface area contributed by atoms with Crippen LogP contribution in [0.3, 0.4) is 0 Å². The minimum atomic E-state index is -3.79. The van der Waals surface area contributed by atoms with E-state index in [9.17, 15) is 13.2 Å². The van der Waals surface area contributed by atoms with Crippen molar-refractivity contribution >= 4 is 15.9 Å². The summed E-state index contributed by atoms with van der Waals surface area (Å²) in [7, 11) is -3.79. The first-order chi connectivity index (χ1) is 11.5. The Bertz CT molecular complexity index is 878. The molecule has 1 aliphatic heterocycles. The lowest BCUT2D eigenvalue weighted by Gasteiger charge is -2.26. The highest BCUT2D eigenvalue weighted by atomic mass is 32.2. The van der Waals surface area contributed by atoms with Gasteiger partial charge in [0, 0.05) is 23.0 Å². The van der Waals surface area contributed by atoms with Gasteiger partial charge >= 0.3 is 0 Å². The van der Waals surface area contributed by atoms with E-state index in [1.807, 2.05) is 24.3 Å². The Kier molecular flexibility index (Phi) is 3.38. The summed E-state index contributed by atoms with van der Waals surface area (Å²) in [6.45, 7) is 0.534. The Morgan fingerprint density at radius 3 is 2.96 bits per heavy atom. The molecule has 1 aliphatic carbocycles. The number of carbonyl (C=O) groups is 1. The molecule has 126 valence electrons. The summed E-state index contributed by atoms with van der Waals surface area (Å²) in [6.07, 6.45) is 2.64. The molecular formula is C16H16N2O5S. The predicted octanol–water partition coefficient (Wildman–Crippen LogP) is 1.36. The van der Waals surface area contributed by atoms with Gasteiger partial charge in [-0.1, -0.05) is 23.4 Å². The lowest BCUT2D eigenvalue weighted by Crippen LogP contribution is -2.35. The Morgan fingerprint density at radius 2 is 2.17 bits per heavy atom. The standard InChI is InChI=1S/C16H16N2O5S/c19-15(18-24(20,21)10-11-5-7-23-17-11)13-9-16(13)6-8-22-14-4-2-1-3-12(14)16/h1-5,7,13H,6,8-10H2,(H,18,19)/t13-,16+/m0/s1. The highest BCUT2D eigenvalue weighted by Crippen LogP contribution is 2.60. The first-order valence-corrected chi connectivity index (χ1v) is 9.31. The molecule has 2 heterocycles. The van der Waals surface area contributed by atoms with Crippen LogP contribution in [0, 0.1) is 5.92 Å². The van der Waals surface area contributed by atoms with Crippen molar-refractivity contribution in [3.63, 3.8) is 0 Å². The third-order valence-corrected chi connectivity index (χ3v) is 5.89. The van der Waals surface area contributed by atoms with E-state index in [2.05, 4.69) is 14.4 Å². The summed E-state index contributed by atoms with van der Waals surface area (Å²) in [6, 6.07) is 9.08. The Balaban J connectivity index is 1.50. The molecule has 1 aromatic carbocycles. The van der Waals surface area contributed by atoms with Crippen LogP contribution in [0.4, 0.5) is 0 Å². The van der Waals surface area contributed by atoms with Gasteiger partial charge in [0.05, 0.1) is 6.61 Å². The van der Waals surface area contributed by atoms with Gasteiger partial charge in [0.15, 0.2) is 0 Å². The van der Waals surface area contributed by atoms with Crippen LogP contribution in [0.25, 0.3) is 0 Å². The van der Waals surface area contributed by atoms with Gasteiger partial charge in [-0.25, -0.2) is 8.42 Å². The largest absolute Gasteiger partial charge is 0.493 e. The molecule has 2 atom stereocenters. The minimum absolute atomic E-state index is 0.261. The predicted molar refractivity (Wildman–Crippen MR) is 83.6 cm³/mol. The van der Waals surface area contributed by atoms with Gasteiger partial charge in [-0.15, -0.1) is 0 Å². The van der Waals surface area contributed by atoms with E-state index in [0.29, 0.717) is 19.4 Å². The van der Waals surface area contributed by atoms with Crippen LogP contribution in [-0.2, 0) is 26.0 Å². The SMILES string of the molecule is O=C(NS(=O)(=O)Cc1ccon1)[C@@H]1C[C@@]12CCOc1ccccc12. The third kappa shape index (κ3) is 2.56. The van der Waals surface area contributed by atoms with Gasteiger partial charge < -0.3 is 9.26 Å². The van der Waals surface area contributed by atoms with Gasteiger partial charge in [-0.3, -0.25) is 9.52 Å². The topological polar surface area (TPSA) is 98.5 Å². The lowest BCUT2D eigenvalue weighted by molar-refractivity contribution is -0.121. The van der Waals surface area contributed by atoms with Crippen molar-refractivity contribution in [3.8, 4) is 5.75 Å². The van der Waals surface area contributed by atoms with Crippen LogP contribution in [-0.4, -0.2) is 26.1 Å². The number of amides is 1. The molecule has 1 aromatic heterocycles. The summed E-state index contributed by atoms with van der Waals surface area (Å²) < 4.78 is 36.7. The number of para-hydroxylation sites is 1. The highest BCUT2D eigenvalue weighted by molar-refractivity contribution is 7.89. The van der Waals surface area contributed by atoms with Crippen molar-refractivity contribution in [2.24, 2.45) is 5.92 Å². The normalized spacial score (nSPS) is 24.9. The molecule has 1 amide bonds. The first kappa shape index (κ1) is 15.2. The van der Waals surface area contributed by atoms with E-state index >= 15 is 0 Å².